The van der Waals surface area contributed by atoms with Crippen LogP contribution in [0.2, 0.25) is 0 Å². The molecule has 2 rings (SSSR count). The second-order valence-electron chi connectivity index (χ2n) is 4.22. The highest BCUT2D eigenvalue weighted by Gasteiger charge is 2.26. The zero-order valence-corrected chi connectivity index (χ0v) is 11.1. The summed E-state index contributed by atoms with van der Waals surface area (Å²) in [5, 5.41) is 8.56. The summed E-state index contributed by atoms with van der Waals surface area (Å²) < 4.78 is 38.8. The molecule has 0 aliphatic carbocycles. The molecular formula is C13H14FNO3S. The van der Waals surface area contributed by atoms with Crippen LogP contribution in [-0.4, -0.2) is 32.4 Å². The monoisotopic (exact) mass is 283 g/mol. The summed E-state index contributed by atoms with van der Waals surface area (Å²) in [7, 11) is -3.33. The second kappa shape index (κ2) is 5.59. The number of halogens is 1. The molecule has 0 spiro atoms. The third-order valence-electron chi connectivity index (χ3n) is 2.89. The second-order valence-corrected chi connectivity index (χ2v) is 6.23. The molecular weight excluding hydrogens is 269 g/mol. The van der Waals surface area contributed by atoms with Gasteiger partial charge in [-0.3, -0.25) is 4.31 Å². The summed E-state index contributed by atoms with van der Waals surface area (Å²) in [6.07, 6.45) is 1.41. The molecule has 0 saturated carbocycles. The quantitative estimate of drug-likeness (QED) is 0.785. The van der Waals surface area contributed by atoms with Crippen molar-refractivity contribution in [2.75, 3.05) is 23.2 Å². The molecule has 0 radical (unpaired) electrons. The van der Waals surface area contributed by atoms with Crippen LogP contribution >= 0.6 is 0 Å². The Morgan fingerprint density at radius 1 is 1.37 bits per heavy atom. The van der Waals surface area contributed by atoms with E-state index in [2.05, 4.69) is 11.8 Å². The number of rotatable bonds is 1. The van der Waals surface area contributed by atoms with Gasteiger partial charge in [0.15, 0.2) is 0 Å². The van der Waals surface area contributed by atoms with Crippen molar-refractivity contribution < 1.29 is 17.9 Å². The van der Waals surface area contributed by atoms with Gasteiger partial charge in [-0.1, -0.05) is 11.8 Å². The molecule has 1 aromatic carbocycles. The van der Waals surface area contributed by atoms with Crippen LogP contribution in [-0.2, 0) is 10.0 Å². The summed E-state index contributed by atoms with van der Waals surface area (Å²) in [5.74, 6) is 4.34. The van der Waals surface area contributed by atoms with E-state index in [0.717, 1.165) is 6.42 Å². The topological polar surface area (TPSA) is 57.6 Å². The fourth-order valence-corrected chi connectivity index (χ4v) is 3.61. The van der Waals surface area contributed by atoms with Crippen LogP contribution in [0.1, 0.15) is 18.4 Å². The largest absolute Gasteiger partial charge is 0.384 e. The van der Waals surface area contributed by atoms with E-state index in [1.165, 1.54) is 22.5 Å². The molecule has 1 aromatic rings. The van der Waals surface area contributed by atoms with Crippen molar-refractivity contribution in [3.63, 3.8) is 0 Å². The molecule has 1 aliphatic heterocycles. The lowest BCUT2D eigenvalue weighted by molar-refractivity contribution is 0.350. The number of hydrogen-bond donors (Lipinski definition) is 1. The fourth-order valence-electron chi connectivity index (χ4n) is 1.97. The number of hydrogen-bond acceptors (Lipinski definition) is 3. The lowest BCUT2D eigenvalue weighted by Crippen LogP contribution is -2.37. The van der Waals surface area contributed by atoms with Crippen LogP contribution in [0.5, 0.6) is 0 Å². The first-order valence-electron chi connectivity index (χ1n) is 5.94. The van der Waals surface area contributed by atoms with E-state index in [1.807, 2.05) is 0 Å². The number of nitrogens with zero attached hydrogens (tertiary/aromatic N) is 1. The van der Waals surface area contributed by atoms with Gasteiger partial charge in [-0.05, 0) is 31.0 Å². The van der Waals surface area contributed by atoms with Crippen LogP contribution in [0.15, 0.2) is 18.2 Å². The standard InChI is InChI=1S/C13H14FNO3S/c14-13-10-12(6-5-11(13)4-3-8-16)15-7-1-2-9-19(15,17)18/h5-6,10,16H,1-2,7-9H2. The van der Waals surface area contributed by atoms with Gasteiger partial charge in [0.05, 0.1) is 17.0 Å². The van der Waals surface area contributed by atoms with Gasteiger partial charge in [-0.2, -0.15) is 0 Å². The van der Waals surface area contributed by atoms with Gasteiger partial charge >= 0.3 is 0 Å². The maximum Gasteiger partial charge on any atom is 0.235 e. The highest BCUT2D eigenvalue weighted by Crippen LogP contribution is 2.25. The molecule has 1 heterocycles. The molecule has 0 aromatic heterocycles. The maximum atomic E-state index is 13.8. The summed E-state index contributed by atoms with van der Waals surface area (Å²) in [5.41, 5.74) is 0.471. The van der Waals surface area contributed by atoms with Crippen molar-refractivity contribution in [2.24, 2.45) is 0 Å². The average molecular weight is 283 g/mol. The molecule has 1 fully saturated rings. The average Bonchev–Trinajstić information content (AvgIpc) is 2.37. The van der Waals surface area contributed by atoms with E-state index >= 15 is 0 Å². The minimum absolute atomic E-state index is 0.0979. The van der Waals surface area contributed by atoms with Crippen LogP contribution in [0.3, 0.4) is 0 Å². The normalized spacial score (nSPS) is 17.7. The van der Waals surface area contributed by atoms with E-state index in [0.29, 0.717) is 18.7 Å². The Labute approximate surface area is 111 Å². The molecule has 6 heteroatoms. The minimum Gasteiger partial charge on any atom is -0.384 e. The molecule has 0 unspecified atom stereocenters. The molecule has 1 aliphatic rings. The number of aliphatic hydroxyl groups is 1. The van der Waals surface area contributed by atoms with Crippen molar-refractivity contribution in [3.05, 3.63) is 29.6 Å². The number of aliphatic hydroxyl groups excluding tert-OH is 1. The van der Waals surface area contributed by atoms with E-state index in [-0.39, 0.29) is 17.9 Å². The Morgan fingerprint density at radius 3 is 2.79 bits per heavy atom. The Kier molecular flexibility index (Phi) is 4.08. The van der Waals surface area contributed by atoms with Gasteiger partial charge in [0.1, 0.15) is 12.4 Å². The first kappa shape index (κ1) is 13.8. The molecule has 1 saturated heterocycles. The SMILES string of the molecule is O=S1(=O)CCCCN1c1ccc(C#CCO)c(F)c1. The van der Waals surface area contributed by atoms with Crippen LogP contribution in [0, 0.1) is 17.7 Å². The van der Waals surface area contributed by atoms with Crippen molar-refractivity contribution in [3.8, 4) is 11.8 Å². The molecule has 0 atom stereocenters. The Balaban J connectivity index is 2.34. The Hall–Kier alpha value is -1.58. The fraction of sp³-hybridized carbons (Fsp3) is 0.385. The highest BCUT2D eigenvalue weighted by molar-refractivity contribution is 7.92. The number of benzene rings is 1. The lowest BCUT2D eigenvalue weighted by Gasteiger charge is -2.28. The van der Waals surface area contributed by atoms with Gasteiger partial charge in [-0.25, -0.2) is 12.8 Å². The number of anilines is 1. The highest BCUT2D eigenvalue weighted by atomic mass is 32.2. The summed E-state index contributed by atoms with van der Waals surface area (Å²) in [4.78, 5) is 0. The van der Waals surface area contributed by atoms with E-state index in [9.17, 15) is 12.8 Å². The first-order chi connectivity index (χ1) is 9.04. The Bertz CT molecular complexity index is 631. The molecule has 1 N–H and O–H groups in total. The van der Waals surface area contributed by atoms with E-state index in [4.69, 9.17) is 5.11 Å². The Morgan fingerprint density at radius 2 is 2.16 bits per heavy atom. The molecule has 19 heavy (non-hydrogen) atoms. The smallest absolute Gasteiger partial charge is 0.235 e. The van der Waals surface area contributed by atoms with Crippen LogP contribution in [0.25, 0.3) is 0 Å². The summed E-state index contributed by atoms with van der Waals surface area (Å²) in [6.45, 7) is 0.0329. The summed E-state index contributed by atoms with van der Waals surface area (Å²) in [6, 6.07) is 4.13. The van der Waals surface area contributed by atoms with E-state index < -0.39 is 15.8 Å². The zero-order valence-electron chi connectivity index (χ0n) is 10.3. The van der Waals surface area contributed by atoms with Gasteiger partial charge in [0.25, 0.3) is 0 Å². The molecule has 0 amide bonds. The van der Waals surface area contributed by atoms with Crippen LogP contribution < -0.4 is 4.31 Å². The molecule has 4 nitrogen and oxygen atoms in total. The predicted molar refractivity (Wildman–Crippen MR) is 70.7 cm³/mol. The van der Waals surface area contributed by atoms with Gasteiger partial charge in [0, 0.05) is 6.54 Å². The van der Waals surface area contributed by atoms with Crippen LogP contribution in [0.4, 0.5) is 10.1 Å². The first-order valence-corrected chi connectivity index (χ1v) is 7.55. The third-order valence-corrected chi connectivity index (χ3v) is 4.76. The predicted octanol–water partition coefficient (Wildman–Crippen LogP) is 1.10. The zero-order chi connectivity index (χ0) is 13.9. The molecule has 102 valence electrons. The number of sulfonamides is 1. The molecule has 0 bridgehead atoms. The summed E-state index contributed by atoms with van der Waals surface area (Å²) >= 11 is 0. The van der Waals surface area contributed by atoms with E-state index in [1.54, 1.807) is 0 Å². The van der Waals surface area contributed by atoms with Gasteiger partial charge < -0.3 is 5.11 Å². The van der Waals surface area contributed by atoms with Gasteiger partial charge in [0.2, 0.25) is 10.0 Å². The van der Waals surface area contributed by atoms with Crippen molar-refractivity contribution >= 4 is 15.7 Å². The van der Waals surface area contributed by atoms with Crippen molar-refractivity contribution in [2.45, 2.75) is 12.8 Å². The maximum absolute atomic E-state index is 13.8. The third kappa shape index (κ3) is 3.06. The van der Waals surface area contributed by atoms with Crippen molar-refractivity contribution in [1.29, 1.82) is 0 Å². The van der Waals surface area contributed by atoms with Crippen molar-refractivity contribution in [1.82, 2.24) is 0 Å². The van der Waals surface area contributed by atoms with Gasteiger partial charge in [-0.15, -0.1) is 0 Å². The lowest BCUT2D eigenvalue weighted by atomic mass is 10.2. The minimum atomic E-state index is -3.33.